The van der Waals surface area contributed by atoms with Gasteiger partial charge in [0, 0.05) is 24.1 Å². The van der Waals surface area contributed by atoms with Crippen LogP contribution in [0.4, 0.5) is 0 Å². The number of amides is 3. The third-order valence-corrected chi connectivity index (χ3v) is 6.61. The molecule has 0 unspecified atom stereocenters. The van der Waals surface area contributed by atoms with Gasteiger partial charge < -0.3 is 15.5 Å². The van der Waals surface area contributed by atoms with Crippen LogP contribution < -0.4 is 10.6 Å². The minimum Gasteiger partial charge on any atom is -0.352 e. The van der Waals surface area contributed by atoms with E-state index in [4.69, 9.17) is 0 Å². The summed E-state index contributed by atoms with van der Waals surface area (Å²) in [5.74, 6) is -0.532. The number of hydrogen-bond acceptors (Lipinski definition) is 3. The monoisotopic (exact) mass is 433 g/mol. The van der Waals surface area contributed by atoms with E-state index in [1.54, 1.807) is 17.0 Å². The van der Waals surface area contributed by atoms with E-state index in [1.807, 2.05) is 62.4 Å². The smallest absolute Gasteiger partial charge is 0.254 e. The topological polar surface area (TPSA) is 78.5 Å². The fraction of sp³-hybridized carbons (Fsp3) is 0.423. The average molecular weight is 434 g/mol. The normalized spacial score (nSPS) is 22.6. The van der Waals surface area contributed by atoms with Crippen LogP contribution in [-0.2, 0) is 16.0 Å². The lowest BCUT2D eigenvalue weighted by molar-refractivity contribution is -0.134. The van der Waals surface area contributed by atoms with Crippen molar-refractivity contribution in [2.75, 3.05) is 0 Å². The van der Waals surface area contributed by atoms with Crippen LogP contribution in [-0.4, -0.2) is 46.3 Å². The second kappa shape index (κ2) is 9.15. The van der Waals surface area contributed by atoms with E-state index in [0.717, 1.165) is 18.4 Å². The third-order valence-electron chi connectivity index (χ3n) is 6.61. The Hall–Kier alpha value is -3.15. The van der Waals surface area contributed by atoms with Gasteiger partial charge in [0.05, 0.1) is 0 Å². The largest absolute Gasteiger partial charge is 0.352 e. The molecule has 2 aromatic rings. The Bertz CT molecular complexity index is 966. The number of carbonyl (C=O) groups excluding carboxylic acids is 3. The lowest BCUT2D eigenvalue weighted by atomic mass is 9.86. The molecule has 2 bridgehead atoms. The number of nitrogens with zero attached hydrogens (tertiary/aromatic N) is 1. The molecule has 0 aliphatic carbocycles. The van der Waals surface area contributed by atoms with Crippen LogP contribution in [0.1, 0.15) is 55.5 Å². The van der Waals surface area contributed by atoms with Crippen molar-refractivity contribution < 1.29 is 14.4 Å². The van der Waals surface area contributed by atoms with Crippen molar-refractivity contribution in [2.45, 2.75) is 69.6 Å². The molecule has 6 heteroatoms. The second-order valence-corrected chi connectivity index (χ2v) is 9.18. The van der Waals surface area contributed by atoms with Gasteiger partial charge in [-0.2, -0.15) is 0 Å². The molecular formula is C26H31N3O3. The van der Waals surface area contributed by atoms with Gasteiger partial charge in [-0.25, -0.2) is 0 Å². The van der Waals surface area contributed by atoms with Crippen molar-refractivity contribution in [3.8, 4) is 0 Å². The van der Waals surface area contributed by atoms with Gasteiger partial charge in [-0.3, -0.25) is 14.4 Å². The first-order valence-corrected chi connectivity index (χ1v) is 11.4. The predicted octanol–water partition coefficient (Wildman–Crippen LogP) is 3.08. The van der Waals surface area contributed by atoms with Crippen LogP contribution in [0.3, 0.4) is 0 Å². The molecule has 2 aromatic carbocycles. The Balaban J connectivity index is 1.57. The van der Waals surface area contributed by atoms with Crippen LogP contribution >= 0.6 is 0 Å². The highest BCUT2D eigenvalue weighted by atomic mass is 16.2. The highest BCUT2D eigenvalue weighted by Crippen LogP contribution is 2.47. The molecule has 2 aliphatic heterocycles. The first-order valence-electron chi connectivity index (χ1n) is 11.4. The van der Waals surface area contributed by atoms with Crippen LogP contribution in [0.25, 0.3) is 0 Å². The molecule has 168 valence electrons. The van der Waals surface area contributed by atoms with Crippen LogP contribution in [0.15, 0.2) is 60.7 Å². The zero-order chi connectivity index (χ0) is 22.7. The van der Waals surface area contributed by atoms with E-state index in [9.17, 15) is 14.4 Å². The molecular weight excluding hydrogens is 402 g/mol. The van der Waals surface area contributed by atoms with Gasteiger partial charge in [0.25, 0.3) is 5.91 Å². The molecule has 2 aliphatic rings. The maximum absolute atomic E-state index is 13.7. The molecule has 2 N–H and O–H groups in total. The minimum atomic E-state index is -0.884. The molecule has 2 fully saturated rings. The summed E-state index contributed by atoms with van der Waals surface area (Å²) in [6.45, 7) is 3.80. The first kappa shape index (κ1) is 22.1. The van der Waals surface area contributed by atoms with Gasteiger partial charge in [0.1, 0.15) is 11.6 Å². The van der Waals surface area contributed by atoms with Crippen LogP contribution in [0.2, 0.25) is 0 Å². The first-order chi connectivity index (χ1) is 15.4. The zero-order valence-electron chi connectivity index (χ0n) is 18.7. The number of rotatable bonds is 7. The number of hydrogen-bond donors (Lipinski definition) is 2. The molecule has 0 spiro atoms. The Labute approximate surface area is 189 Å². The van der Waals surface area contributed by atoms with Gasteiger partial charge in [-0.15, -0.1) is 0 Å². The van der Waals surface area contributed by atoms with Crippen molar-refractivity contribution in [2.24, 2.45) is 0 Å². The zero-order valence-corrected chi connectivity index (χ0v) is 18.7. The minimum absolute atomic E-state index is 0.0330. The van der Waals surface area contributed by atoms with Gasteiger partial charge in [0.15, 0.2) is 0 Å². The molecule has 0 saturated carbocycles. The Morgan fingerprint density at radius 2 is 1.53 bits per heavy atom. The third kappa shape index (κ3) is 4.27. The van der Waals surface area contributed by atoms with Crippen molar-refractivity contribution in [3.05, 3.63) is 71.8 Å². The summed E-state index contributed by atoms with van der Waals surface area (Å²) in [5, 5.41) is 5.95. The molecule has 2 heterocycles. The Morgan fingerprint density at radius 1 is 0.938 bits per heavy atom. The molecule has 2 saturated heterocycles. The molecule has 0 aromatic heterocycles. The molecule has 6 nitrogen and oxygen atoms in total. The van der Waals surface area contributed by atoms with E-state index < -0.39 is 11.6 Å². The van der Waals surface area contributed by atoms with E-state index >= 15 is 0 Å². The molecule has 0 radical (unpaired) electrons. The summed E-state index contributed by atoms with van der Waals surface area (Å²) in [6, 6.07) is 18.1. The molecule has 1 atom stereocenters. The summed E-state index contributed by atoms with van der Waals surface area (Å²) in [7, 11) is 0. The van der Waals surface area contributed by atoms with Gasteiger partial charge in [-0.05, 0) is 57.2 Å². The summed E-state index contributed by atoms with van der Waals surface area (Å²) < 4.78 is 0. The SMILES string of the molecule is CC(C)NC(=O)[C@H](Cc1ccccc1)NC(=O)C12CCC(CC1)N2C(=O)c1ccccc1. The summed E-state index contributed by atoms with van der Waals surface area (Å²) in [5.41, 5.74) is 0.684. The quantitative estimate of drug-likeness (QED) is 0.704. The second-order valence-electron chi connectivity index (χ2n) is 9.18. The molecule has 4 rings (SSSR count). The fourth-order valence-electron chi connectivity index (χ4n) is 5.08. The highest BCUT2D eigenvalue weighted by molar-refractivity contribution is 6.01. The van der Waals surface area contributed by atoms with E-state index in [-0.39, 0.29) is 29.8 Å². The lowest BCUT2D eigenvalue weighted by Crippen LogP contribution is -2.60. The number of nitrogens with one attached hydrogen (secondary N) is 2. The summed E-state index contributed by atoms with van der Waals surface area (Å²) in [6.07, 6.45) is 3.29. The maximum Gasteiger partial charge on any atom is 0.254 e. The fourth-order valence-corrected chi connectivity index (χ4v) is 5.08. The summed E-state index contributed by atoms with van der Waals surface area (Å²) in [4.78, 5) is 41.7. The van der Waals surface area contributed by atoms with Crippen LogP contribution in [0.5, 0.6) is 0 Å². The van der Waals surface area contributed by atoms with Gasteiger partial charge in [-0.1, -0.05) is 48.5 Å². The number of carbonyl (C=O) groups is 3. The lowest BCUT2D eigenvalue weighted by Gasteiger charge is -2.35. The number of fused-ring (bicyclic) bond motifs is 2. The average Bonchev–Trinajstić information content (AvgIpc) is 3.36. The summed E-state index contributed by atoms with van der Waals surface area (Å²) >= 11 is 0. The van der Waals surface area contributed by atoms with Crippen molar-refractivity contribution in [3.63, 3.8) is 0 Å². The predicted molar refractivity (Wildman–Crippen MR) is 123 cm³/mol. The Kier molecular flexibility index (Phi) is 6.31. The van der Waals surface area contributed by atoms with Crippen molar-refractivity contribution in [1.82, 2.24) is 15.5 Å². The van der Waals surface area contributed by atoms with Crippen LogP contribution in [0, 0.1) is 0 Å². The molecule has 32 heavy (non-hydrogen) atoms. The van der Waals surface area contributed by atoms with E-state index in [2.05, 4.69) is 10.6 Å². The van der Waals surface area contributed by atoms with Gasteiger partial charge >= 0.3 is 0 Å². The molecule has 3 amide bonds. The van der Waals surface area contributed by atoms with Crippen molar-refractivity contribution in [1.29, 1.82) is 0 Å². The van der Waals surface area contributed by atoms with Crippen molar-refractivity contribution >= 4 is 17.7 Å². The van der Waals surface area contributed by atoms with Gasteiger partial charge in [0.2, 0.25) is 11.8 Å². The van der Waals surface area contributed by atoms with E-state index in [0.29, 0.717) is 24.8 Å². The number of benzene rings is 2. The van der Waals surface area contributed by atoms with E-state index in [1.165, 1.54) is 0 Å². The Morgan fingerprint density at radius 3 is 2.12 bits per heavy atom. The standard InChI is InChI=1S/C26H31N3O3/c1-18(2)27-23(30)22(17-19-9-5-3-6-10-19)28-25(32)26-15-13-21(14-16-26)29(26)24(31)20-11-7-4-8-12-20/h3-12,18,21-22H,13-17H2,1-2H3,(H,27,30)(H,28,32)/t21?,22-,26?/m0/s1. The maximum atomic E-state index is 13.7. The highest BCUT2D eigenvalue weighted by Gasteiger charge is 2.58.